The maximum Gasteiger partial charge on any atom is 0.239 e. The van der Waals surface area contributed by atoms with E-state index in [2.05, 4.69) is 5.32 Å². The lowest BCUT2D eigenvalue weighted by atomic mass is 10.1. The molecule has 0 aromatic heterocycles. The van der Waals surface area contributed by atoms with Gasteiger partial charge in [0.2, 0.25) is 5.91 Å². The van der Waals surface area contributed by atoms with Crippen LogP contribution in [0.4, 0.5) is 11.4 Å². The topological polar surface area (TPSA) is 89.3 Å². The summed E-state index contributed by atoms with van der Waals surface area (Å²) >= 11 is 0. The van der Waals surface area contributed by atoms with Crippen LogP contribution in [0.5, 0.6) is 0 Å². The van der Waals surface area contributed by atoms with Crippen LogP contribution in [0.25, 0.3) is 0 Å². The lowest BCUT2D eigenvalue weighted by molar-refractivity contribution is -0.113. The molecule has 0 saturated heterocycles. The molecule has 3 N–H and O–H groups in total. The van der Waals surface area contributed by atoms with Crippen LogP contribution < -0.4 is 11.1 Å². The average molecular weight is 242 g/mol. The fourth-order valence-electron chi connectivity index (χ4n) is 1.21. The van der Waals surface area contributed by atoms with Crippen molar-refractivity contribution in [1.82, 2.24) is 0 Å². The molecule has 0 radical (unpaired) electrons. The van der Waals surface area contributed by atoms with Gasteiger partial charge < -0.3 is 11.1 Å². The SMILES string of the molecule is Cc1c(N)cccc1NC(=O)CS(C)(=O)=O. The summed E-state index contributed by atoms with van der Waals surface area (Å²) in [6, 6.07) is 5.08. The number of carbonyl (C=O) groups is 1. The predicted molar refractivity (Wildman–Crippen MR) is 63.9 cm³/mol. The van der Waals surface area contributed by atoms with Crippen molar-refractivity contribution in [2.75, 3.05) is 23.1 Å². The molecule has 0 unspecified atom stereocenters. The number of benzene rings is 1. The van der Waals surface area contributed by atoms with Crippen LogP contribution in [-0.4, -0.2) is 26.3 Å². The molecule has 1 rings (SSSR count). The van der Waals surface area contributed by atoms with E-state index >= 15 is 0 Å². The van der Waals surface area contributed by atoms with E-state index in [4.69, 9.17) is 5.73 Å². The Morgan fingerprint density at radius 2 is 2.06 bits per heavy atom. The first-order valence-electron chi connectivity index (χ1n) is 4.62. The van der Waals surface area contributed by atoms with Gasteiger partial charge in [-0.05, 0) is 24.6 Å². The Morgan fingerprint density at radius 1 is 1.44 bits per heavy atom. The lowest BCUT2D eigenvalue weighted by Crippen LogP contribution is -2.22. The molecule has 1 aromatic rings. The molecule has 6 heteroatoms. The number of sulfone groups is 1. The summed E-state index contributed by atoms with van der Waals surface area (Å²) in [5.41, 5.74) is 7.47. The smallest absolute Gasteiger partial charge is 0.239 e. The van der Waals surface area contributed by atoms with Crippen molar-refractivity contribution in [2.45, 2.75) is 6.92 Å². The number of nitrogen functional groups attached to an aromatic ring is 1. The number of carbonyl (C=O) groups excluding carboxylic acids is 1. The van der Waals surface area contributed by atoms with Crippen molar-refractivity contribution in [2.24, 2.45) is 0 Å². The Morgan fingerprint density at radius 3 is 2.62 bits per heavy atom. The fraction of sp³-hybridized carbons (Fsp3) is 0.300. The molecule has 0 spiro atoms. The second-order valence-corrected chi connectivity index (χ2v) is 5.78. The van der Waals surface area contributed by atoms with Crippen LogP contribution in [-0.2, 0) is 14.6 Å². The number of rotatable bonds is 3. The van der Waals surface area contributed by atoms with Gasteiger partial charge in [-0.2, -0.15) is 0 Å². The second kappa shape index (κ2) is 4.52. The molecule has 0 aliphatic heterocycles. The van der Waals surface area contributed by atoms with Gasteiger partial charge in [-0.1, -0.05) is 6.07 Å². The van der Waals surface area contributed by atoms with Crippen LogP contribution >= 0.6 is 0 Å². The van der Waals surface area contributed by atoms with Gasteiger partial charge >= 0.3 is 0 Å². The molecule has 0 aliphatic rings. The highest BCUT2D eigenvalue weighted by molar-refractivity contribution is 7.91. The van der Waals surface area contributed by atoms with Gasteiger partial charge in [0.25, 0.3) is 0 Å². The Balaban J connectivity index is 2.82. The van der Waals surface area contributed by atoms with E-state index in [1.165, 1.54) is 0 Å². The first-order valence-corrected chi connectivity index (χ1v) is 6.68. The molecular formula is C10H14N2O3S. The Labute approximate surface area is 94.6 Å². The van der Waals surface area contributed by atoms with E-state index in [-0.39, 0.29) is 0 Å². The number of amides is 1. The van der Waals surface area contributed by atoms with Gasteiger partial charge in [-0.15, -0.1) is 0 Å². The second-order valence-electron chi connectivity index (χ2n) is 3.64. The lowest BCUT2D eigenvalue weighted by Gasteiger charge is -2.09. The van der Waals surface area contributed by atoms with Gasteiger partial charge in [-0.3, -0.25) is 4.79 Å². The van der Waals surface area contributed by atoms with Gasteiger partial charge in [-0.25, -0.2) is 8.42 Å². The Bertz CT molecular complexity index is 509. The summed E-state index contributed by atoms with van der Waals surface area (Å²) in [5.74, 6) is -1.09. The summed E-state index contributed by atoms with van der Waals surface area (Å²) in [5, 5.41) is 2.51. The maximum absolute atomic E-state index is 11.4. The minimum atomic E-state index is -3.31. The van der Waals surface area contributed by atoms with E-state index < -0.39 is 21.5 Å². The highest BCUT2D eigenvalue weighted by Crippen LogP contribution is 2.20. The number of hydrogen-bond donors (Lipinski definition) is 2. The van der Waals surface area contributed by atoms with Crippen LogP contribution in [0, 0.1) is 6.92 Å². The van der Waals surface area contributed by atoms with Crippen molar-refractivity contribution in [3.05, 3.63) is 23.8 Å². The molecule has 1 aromatic carbocycles. The molecule has 0 heterocycles. The summed E-state index contributed by atoms with van der Waals surface area (Å²) in [7, 11) is -3.31. The standard InChI is InChI=1S/C10H14N2O3S/c1-7-8(11)4-3-5-9(7)12-10(13)6-16(2,14)15/h3-5H,6,11H2,1-2H3,(H,12,13). The highest BCUT2D eigenvalue weighted by Gasteiger charge is 2.12. The molecular weight excluding hydrogens is 228 g/mol. The van der Waals surface area contributed by atoms with Gasteiger partial charge in [0.1, 0.15) is 5.75 Å². The van der Waals surface area contributed by atoms with Crippen molar-refractivity contribution in [1.29, 1.82) is 0 Å². The zero-order valence-corrected chi connectivity index (χ0v) is 9.97. The van der Waals surface area contributed by atoms with Crippen LogP contribution in [0.2, 0.25) is 0 Å². The fourth-order valence-corrected chi connectivity index (χ4v) is 1.76. The summed E-state index contributed by atoms with van der Waals surface area (Å²) in [6.07, 6.45) is 1.01. The third kappa shape index (κ3) is 3.54. The van der Waals surface area contributed by atoms with Crippen molar-refractivity contribution in [3.63, 3.8) is 0 Å². The van der Waals surface area contributed by atoms with Crippen molar-refractivity contribution < 1.29 is 13.2 Å². The maximum atomic E-state index is 11.4. The molecule has 5 nitrogen and oxygen atoms in total. The van der Waals surface area contributed by atoms with E-state index in [1.54, 1.807) is 25.1 Å². The number of nitrogens with one attached hydrogen (secondary N) is 1. The molecule has 0 bridgehead atoms. The van der Waals surface area contributed by atoms with Crippen LogP contribution in [0.1, 0.15) is 5.56 Å². The monoisotopic (exact) mass is 242 g/mol. The summed E-state index contributed by atoms with van der Waals surface area (Å²) in [4.78, 5) is 11.4. The number of hydrogen-bond acceptors (Lipinski definition) is 4. The zero-order valence-electron chi connectivity index (χ0n) is 9.15. The molecule has 1 amide bonds. The first kappa shape index (κ1) is 12.5. The zero-order chi connectivity index (χ0) is 12.3. The number of nitrogens with two attached hydrogens (primary N) is 1. The van der Waals surface area contributed by atoms with E-state index in [0.29, 0.717) is 11.4 Å². The molecule has 88 valence electrons. The summed E-state index contributed by atoms with van der Waals surface area (Å²) < 4.78 is 21.8. The molecule has 0 saturated carbocycles. The normalized spacial score (nSPS) is 11.1. The minimum Gasteiger partial charge on any atom is -0.398 e. The summed E-state index contributed by atoms with van der Waals surface area (Å²) in [6.45, 7) is 1.76. The predicted octanol–water partition coefficient (Wildman–Crippen LogP) is 0.560. The van der Waals surface area contributed by atoms with Crippen molar-refractivity contribution in [3.8, 4) is 0 Å². The van der Waals surface area contributed by atoms with E-state index in [0.717, 1.165) is 11.8 Å². The van der Waals surface area contributed by atoms with Gasteiger partial charge in [0.05, 0.1) is 0 Å². The Hall–Kier alpha value is -1.56. The molecule has 0 atom stereocenters. The third-order valence-electron chi connectivity index (χ3n) is 2.04. The van der Waals surface area contributed by atoms with Crippen molar-refractivity contribution >= 4 is 27.1 Å². The molecule has 0 fully saturated rings. The largest absolute Gasteiger partial charge is 0.398 e. The number of anilines is 2. The van der Waals surface area contributed by atoms with Crippen LogP contribution in [0.3, 0.4) is 0 Å². The van der Waals surface area contributed by atoms with Gasteiger partial charge in [0.15, 0.2) is 9.84 Å². The van der Waals surface area contributed by atoms with Gasteiger partial charge in [0, 0.05) is 17.6 Å². The minimum absolute atomic E-state index is 0.527. The highest BCUT2D eigenvalue weighted by atomic mass is 32.2. The molecule has 16 heavy (non-hydrogen) atoms. The van der Waals surface area contributed by atoms with Crippen LogP contribution in [0.15, 0.2) is 18.2 Å². The third-order valence-corrected chi connectivity index (χ3v) is 2.83. The average Bonchev–Trinajstić information content (AvgIpc) is 2.09. The quantitative estimate of drug-likeness (QED) is 0.758. The van der Waals surface area contributed by atoms with E-state index in [1.807, 2.05) is 0 Å². The first-order chi connectivity index (χ1) is 7.29. The molecule has 0 aliphatic carbocycles. The van der Waals surface area contributed by atoms with E-state index in [9.17, 15) is 13.2 Å². The Kier molecular flexibility index (Phi) is 3.54.